The summed E-state index contributed by atoms with van der Waals surface area (Å²) in [7, 11) is -3.04. The smallest absolute Gasteiger partial charge is 0.257 e. The average Bonchev–Trinajstić information content (AvgIpc) is 2.26. The molecule has 1 fully saturated rings. The van der Waals surface area contributed by atoms with Crippen molar-refractivity contribution in [1.82, 2.24) is 9.88 Å². The molecule has 0 radical (unpaired) electrons. The van der Waals surface area contributed by atoms with Gasteiger partial charge in [0.15, 0.2) is 9.84 Å². The SMILES string of the molecule is Cc1cc(Cl)c(C(=O)N2CCS(=O)(=O)CC2C)cn1. The van der Waals surface area contributed by atoms with Crippen molar-refractivity contribution in [2.75, 3.05) is 18.1 Å². The molecule has 0 spiro atoms. The zero-order valence-electron chi connectivity index (χ0n) is 10.8. The standard InChI is InChI=1S/C12H15ClN2O3S/c1-8-5-11(13)10(6-14-8)12(16)15-3-4-19(17,18)7-9(15)2/h5-6,9H,3-4,7H2,1-2H3. The van der Waals surface area contributed by atoms with E-state index in [4.69, 9.17) is 11.6 Å². The van der Waals surface area contributed by atoms with Crippen LogP contribution in [-0.4, -0.2) is 48.3 Å². The monoisotopic (exact) mass is 302 g/mol. The number of pyridine rings is 1. The Kier molecular flexibility index (Phi) is 3.82. The van der Waals surface area contributed by atoms with Gasteiger partial charge in [0.05, 0.1) is 22.1 Å². The number of amides is 1. The fraction of sp³-hybridized carbons (Fsp3) is 0.500. The summed E-state index contributed by atoms with van der Waals surface area (Å²) in [6.07, 6.45) is 1.44. The number of hydrogen-bond acceptors (Lipinski definition) is 4. The van der Waals surface area contributed by atoms with Crippen molar-refractivity contribution in [3.8, 4) is 0 Å². The first-order chi connectivity index (χ1) is 8.80. The van der Waals surface area contributed by atoms with Crippen LogP contribution in [0.4, 0.5) is 0 Å². The molecule has 1 unspecified atom stereocenters. The van der Waals surface area contributed by atoms with Crippen LogP contribution in [-0.2, 0) is 9.84 Å². The van der Waals surface area contributed by atoms with Gasteiger partial charge in [0.2, 0.25) is 0 Å². The van der Waals surface area contributed by atoms with Crippen molar-refractivity contribution >= 4 is 27.3 Å². The van der Waals surface area contributed by atoms with Crippen LogP contribution in [0.3, 0.4) is 0 Å². The Morgan fingerprint density at radius 1 is 1.53 bits per heavy atom. The number of halogens is 1. The summed E-state index contributed by atoms with van der Waals surface area (Å²) in [4.78, 5) is 18.0. The predicted octanol–water partition coefficient (Wildman–Crippen LogP) is 1.30. The van der Waals surface area contributed by atoms with Gasteiger partial charge >= 0.3 is 0 Å². The molecule has 1 atom stereocenters. The highest BCUT2D eigenvalue weighted by Gasteiger charge is 2.32. The van der Waals surface area contributed by atoms with Gasteiger partial charge in [-0.2, -0.15) is 0 Å². The zero-order valence-corrected chi connectivity index (χ0v) is 12.3. The highest BCUT2D eigenvalue weighted by molar-refractivity contribution is 7.91. The average molecular weight is 303 g/mol. The molecule has 1 aromatic rings. The number of carbonyl (C=O) groups is 1. The molecule has 1 aliphatic heterocycles. The molecule has 0 aromatic carbocycles. The zero-order chi connectivity index (χ0) is 14.2. The van der Waals surface area contributed by atoms with E-state index >= 15 is 0 Å². The topological polar surface area (TPSA) is 67.3 Å². The highest BCUT2D eigenvalue weighted by atomic mass is 35.5. The van der Waals surface area contributed by atoms with E-state index in [9.17, 15) is 13.2 Å². The lowest BCUT2D eigenvalue weighted by molar-refractivity contribution is 0.0712. The van der Waals surface area contributed by atoms with E-state index in [1.807, 2.05) is 0 Å². The Hall–Kier alpha value is -1.14. The van der Waals surface area contributed by atoms with E-state index in [1.54, 1.807) is 24.8 Å². The molecule has 1 aromatic heterocycles. The lowest BCUT2D eigenvalue weighted by Gasteiger charge is -2.33. The maximum absolute atomic E-state index is 12.4. The summed E-state index contributed by atoms with van der Waals surface area (Å²) in [5, 5.41) is 0.345. The summed E-state index contributed by atoms with van der Waals surface area (Å²) in [5.74, 6) is -0.268. The van der Waals surface area contributed by atoms with E-state index in [0.717, 1.165) is 5.69 Å². The van der Waals surface area contributed by atoms with Crippen LogP contribution in [0.1, 0.15) is 23.0 Å². The maximum Gasteiger partial charge on any atom is 0.257 e. The summed E-state index contributed by atoms with van der Waals surface area (Å²) < 4.78 is 23.0. The number of aromatic nitrogens is 1. The Bertz CT molecular complexity index is 615. The van der Waals surface area contributed by atoms with E-state index in [1.165, 1.54) is 6.20 Å². The second-order valence-corrected chi connectivity index (χ2v) is 7.40. The first-order valence-electron chi connectivity index (χ1n) is 5.94. The van der Waals surface area contributed by atoms with Gasteiger partial charge in [0.25, 0.3) is 5.91 Å². The summed E-state index contributed by atoms with van der Waals surface area (Å²) in [5.41, 5.74) is 1.05. The van der Waals surface area contributed by atoms with Crippen molar-refractivity contribution in [2.45, 2.75) is 19.9 Å². The maximum atomic E-state index is 12.4. The normalized spacial score (nSPS) is 22.3. The van der Waals surface area contributed by atoms with Crippen LogP contribution in [0.2, 0.25) is 5.02 Å². The van der Waals surface area contributed by atoms with Crippen molar-refractivity contribution in [3.63, 3.8) is 0 Å². The Balaban J connectivity index is 2.25. The van der Waals surface area contributed by atoms with Crippen molar-refractivity contribution < 1.29 is 13.2 Å². The van der Waals surface area contributed by atoms with Gasteiger partial charge in [-0.15, -0.1) is 0 Å². The first-order valence-corrected chi connectivity index (χ1v) is 8.13. The third-order valence-corrected chi connectivity index (χ3v) is 5.26. The van der Waals surface area contributed by atoms with E-state index in [0.29, 0.717) is 10.6 Å². The molecule has 1 amide bonds. The molecular weight excluding hydrogens is 288 g/mol. The van der Waals surface area contributed by atoms with Gasteiger partial charge in [-0.05, 0) is 19.9 Å². The van der Waals surface area contributed by atoms with Gasteiger partial charge < -0.3 is 4.90 Å². The Labute approximate surface area is 117 Å². The summed E-state index contributed by atoms with van der Waals surface area (Å²) in [6.45, 7) is 3.72. The van der Waals surface area contributed by atoms with Gasteiger partial charge in [-0.1, -0.05) is 11.6 Å². The number of sulfone groups is 1. The second-order valence-electron chi connectivity index (χ2n) is 4.77. The largest absolute Gasteiger partial charge is 0.334 e. The lowest BCUT2D eigenvalue weighted by atomic mass is 10.2. The number of rotatable bonds is 1. The molecule has 0 bridgehead atoms. The molecule has 1 saturated heterocycles. The number of hydrogen-bond donors (Lipinski definition) is 0. The van der Waals surface area contributed by atoms with Gasteiger partial charge in [0, 0.05) is 24.5 Å². The fourth-order valence-corrected chi connectivity index (χ4v) is 3.98. The van der Waals surface area contributed by atoms with Crippen LogP contribution in [0, 0.1) is 6.92 Å². The van der Waals surface area contributed by atoms with Crippen LogP contribution in [0.5, 0.6) is 0 Å². The third kappa shape index (κ3) is 3.06. The number of carbonyl (C=O) groups excluding carboxylic acids is 1. The Morgan fingerprint density at radius 3 is 2.79 bits per heavy atom. The minimum atomic E-state index is -3.04. The van der Waals surface area contributed by atoms with E-state index < -0.39 is 9.84 Å². The van der Waals surface area contributed by atoms with E-state index in [2.05, 4.69) is 4.98 Å². The van der Waals surface area contributed by atoms with Crippen LogP contribution in [0.25, 0.3) is 0 Å². The van der Waals surface area contributed by atoms with Crippen molar-refractivity contribution in [3.05, 3.63) is 28.5 Å². The molecule has 104 valence electrons. The highest BCUT2D eigenvalue weighted by Crippen LogP contribution is 2.21. The minimum Gasteiger partial charge on any atom is -0.334 e. The lowest BCUT2D eigenvalue weighted by Crippen LogP contribution is -2.49. The summed E-state index contributed by atoms with van der Waals surface area (Å²) >= 11 is 6.04. The minimum absolute atomic E-state index is 0.0000109. The van der Waals surface area contributed by atoms with Gasteiger partial charge in [-0.3, -0.25) is 9.78 Å². The molecule has 0 aliphatic carbocycles. The molecule has 5 nitrogen and oxygen atoms in total. The molecule has 2 rings (SSSR count). The molecule has 7 heteroatoms. The molecule has 0 N–H and O–H groups in total. The van der Waals surface area contributed by atoms with Crippen LogP contribution in [0.15, 0.2) is 12.3 Å². The van der Waals surface area contributed by atoms with Crippen molar-refractivity contribution in [1.29, 1.82) is 0 Å². The predicted molar refractivity (Wildman–Crippen MR) is 73.1 cm³/mol. The van der Waals surface area contributed by atoms with Crippen molar-refractivity contribution in [2.24, 2.45) is 0 Å². The van der Waals surface area contributed by atoms with Gasteiger partial charge in [-0.25, -0.2) is 8.42 Å². The number of nitrogens with zero attached hydrogens (tertiary/aromatic N) is 2. The summed E-state index contributed by atoms with van der Waals surface area (Å²) in [6, 6.07) is 1.28. The quantitative estimate of drug-likeness (QED) is 0.784. The third-order valence-electron chi connectivity index (χ3n) is 3.15. The number of aryl methyl sites for hydroxylation is 1. The molecule has 1 aliphatic rings. The molecule has 19 heavy (non-hydrogen) atoms. The second kappa shape index (κ2) is 5.09. The molecule has 0 saturated carbocycles. The van der Waals surface area contributed by atoms with Gasteiger partial charge in [0.1, 0.15) is 0 Å². The van der Waals surface area contributed by atoms with E-state index in [-0.39, 0.29) is 30.0 Å². The molecular formula is C12H15ClN2O3S. The van der Waals surface area contributed by atoms with Crippen LogP contribution >= 0.6 is 11.6 Å². The molecule has 2 heterocycles. The van der Waals surface area contributed by atoms with Crippen LogP contribution < -0.4 is 0 Å². The Morgan fingerprint density at radius 2 is 2.21 bits per heavy atom. The first kappa shape index (κ1) is 14.3. The fourth-order valence-electron chi connectivity index (χ4n) is 2.14.